The molecule has 0 aliphatic heterocycles. The van der Waals surface area contributed by atoms with Gasteiger partial charge in [-0.05, 0) is 51.3 Å². The highest BCUT2D eigenvalue weighted by atomic mass is 19.4. The third-order valence-electron chi connectivity index (χ3n) is 3.22. The van der Waals surface area contributed by atoms with Crippen molar-refractivity contribution < 1.29 is 28.2 Å². The summed E-state index contributed by atoms with van der Waals surface area (Å²) in [5.41, 5.74) is -0.0132. The summed E-state index contributed by atoms with van der Waals surface area (Å²) >= 11 is 0. The lowest BCUT2D eigenvalue weighted by Crippen LogP contribution is -2.46. The minimum atomic E-state index is -4.77. The Morgan fingerprint density at radius 3 is 1.82 bits per heavy atom. The zero-order valence-corrected chi connectivity index (χ0v) is 13.1. The molecule has 0 fully saturated rings. The van der Waals surface area contributed by atoms with E-state index in [2.05, 4.69) is 0 Å². The highest BCUT2D eigenvalue weighted by Crippen LogP contribution is 2.37. The summed E-state index contributed by atoms with van der Waals surface area (Å²) in [5.74, 6) is 0. The Morgan fingerprint density at radius 2 is 1.55 bits per heavy atom. The highest BCUT2D eigenvalue weighted by Gasteiger charge is 2.40. The molecule has 0 aliphatic rings. The van der Waals surface area contributed by atoms with Crippen LogP contribution in [0, 0.1) is 13.8 Å². The van der Waals surface area contributed by atoms with Crippen LogP contribution in [0.5, 0.6) is 0 Å². The van der Waals surface area contributed by atoms with Crippen LogP contribution in [-0.2, 0) is 0 Å². The second-order valence-electron chi connectivity index (χ2n) is 6.24. The molecule has 0 bridgehead atoms. The summed E-state index contributed by atoms with van der Waals surface area (Å²) in [6.45, 7) is 8.13. The molecule has 1 unspecified atom stereocenters. The molecular weight excluding hydrogens is 299 g/mol. The predicted molar refractivity (Wildman–Crippen MR) is 77.2 cm³/mol. The normalized spacial score (nSPS) is 13.9. The van der Waals surface area contributed by atoms with Gasteiger partial charge in [-0.3, -0.25) is 4.90 Å². The number of benzene rings is 1. The lowest BCUT2D eigenvalue weighted by molar-refractivity contribution is -0.206. The average molecular weight is 319 g/mol. The molecule has 1 rings (SSSR count). The van der Waals surface area contributed by atoms with Gasteiger partial charge in [0.1, 0.15) is 0 Å². The summed E-state index contributed by atoms with van der Waals surface area (Å²) < 4.78 is 37.9. The first-order valence-electron chi connectivity index (χ1n) is 6.66. The van der Waals surface area contributed by atoms with Crippen molar-refractivity contribution in [2.45, 2.75) is 52.4 Å². The third kappa shape index (κ3) is 3.71. The van der Waals surface area contributed by atoms with Gasteiger partial charge in [-0.2, -0.15) is 13.2 Å². The van der Waals surface area contributed by atoms with Crippen molar-refractivity contribution in [2.75, 3.05) is 4.90 Å². The van der Waals surface area contributed by atoms with E-state index >= 15 is 0 Å². The molecule has 124 valence electrons. The fraction of sp³-hybridized carbons (Fsp3) is 0.533. The second kappa shape index (κ2) is 5.79. The van der Waals surface area contributed by atoms with Crippen LogP contribution in [0.4, 0.5) is 23.7 Å². The van der Waals surface area contributed by atoms with Gasteiger partial charge >= 0.3 is 12.3 Å². The minimum Gasteiger partial charge on any atom is -0.465 e. The van der Waals surface area contributed by atoms with Gasteiger partial charge in [-0.15, -0.1) is 0 Å². The summed E-state index contributed by atoms with van der Waals surface area (Å²) in [5, 5.41) is 18.8. The molecule has 1 atom stereocenters. The number of carboxylic acid groups (broad SMARTS) is 1. The van der Waals surface area contributed by atoms with E-state index in [-0.39, 0.29) is 5.56 Å². The number of nitrogens with zero attached hydrogens (tertiary/aromatic N) is 1. The molecule has 2 N–H and O–H groups in total. The number of aliphatic hydroxyl groups is 1. The van der Waals surface area contributed by atoms with Gasteiger partial charge in [0, 0.05) is 5.54 Å². The smallest absolute Gasteiger partial charge is 0.418 e. The van der Waals surface area contributed by atoms with Crippen molar-refractivity contribution in [2.24, 2.45) is 0 Å². The van der Waals surface area contributed by atoms with Crippen molar-refractivity contribution in [1.29, 1.82) is 0 Å². The van der Waals surface area contributed by atoms with Crippen molar-refractivity contribution in [1.82, 2.24) is 0 Å². The lowest BCUT2D eigenvalue weighted by Gasteiger charge is -2.35. The first-order valence-corrected chi connectivity index (χ1v) is 6.66. The van der Waals surface area contributed by atoms with Crippen LogP contribution < -0.4 is 4.90 Å². The van der Waals surface area contributed by atoms with Crippen LogP contribution in [0.2, 0.25) is 0 Å². The second-order valence-corrected chi connectivity index (χ2v) is 6.24. The number of aliphatic hydroxyl groups excluding tert-OH is 1. The minimum absolute atomic E-state index is 0.300. The van der Waals surface area contributed by atoms with Crippen LogP contribution >= 0.6 is 0 Å². The topological polar surface area (TPSA) is 60.8 Å². The number of anilines is 1. The van der Waals surface area contributed by atoms with Crippen LogP contribution in [-0.4, -0.2) is 28.0 Å². The number of amides is 1. The van der Waals surface area contributed by atoms with Gasteiger partial charge in [0.2, 0.25) is 0 Å². The molecule has 0 saturated heterocycles. The SMILES string of the molecule is Cc1cc(C(O)C(F)(F)F)cc(C)c1N(C(=O)O)C(C)(C)C. The van der Waals surface area contributed by atoms with Gasteiger partial charge in [-0.1, -0.05) is 12.1 Å². The predicted octanol–water partition coefficient (Wildman–Crippen LogP) is 4.18. The molecule has 1 aromatic rings. The number of aryl methyl sites for hydroxylation is 2. The van der Waals surface area contributed by atoms with Gasteiger partial charge in [-0.25, -0.2) is 4.79 Å². The van der Waals surface area contributed by atoms with E-state index in [0.29, 0.717) is 16.8 Å². The van der Waals surface area contributed by atoms with Crippen LogP contribution in [0.3, 0.4) is 0 Å². The van der Waals surface area contributed by atoms with Crippen molar-refractivity contribution in [3.05, 3.63) is 28.8 Å². The van der Waals surface area contributed by atoms with E-state index in [4.69, 9.17) is 0 Å². The van der Waals surface area contributed by atoms with Gasteiger partial charge < -0.3 is 10.2 Å². The number of carbonyl (C=O) groups is 1. The molecule has 22 heavy (non-hydrogen) atoms. The molecule has 1 aromatic carbocycles. The third-order valence-corrected chi connectivity index (χ3v) is 3.22. The van der Waals surface area contributed by atoms with E-state index in [1.807, 2.05) is 0 Å². The number of rotatable bonds is 2. The van der Waals surface area contributed by atoms with Gasteiger partial charge in [0.25, 0.3) is 0 Å². The number of alkyl halides is 3. The standard InChI is InChI=1S/C15H20F3NO3/c1-8-6-10(12(20)15(16,17)18)7-9(2)11(8)19(13(21)22)14(3,4)5/h6-7,12,20H,1-5H3,(H,21,22). The first kappa shape index (κ1) is 18.3. The van der Waals surface area contributed by atoms with Crippen LogP contribution in [0.1, 0.15) is 43.6 Å². The monoisotopic (exact) mass is 319 g/mol. The molecule has 0 aromatic heterocycles. The quantitative estimate of drug-likeness (QED) is 0.859. The largest absolute Gasteiger partial charge is 0.465 e. The summed E-state index contributed by atoms with van der Waals surface area (Å²) in [6, 6.07) is 2.34. The van der Waals surface area contributed by atoms with Crippen molar-refractivity contribution >= 4 is 11.8 Å². The summed E-state index contributed by atoms with van der Waals surface area (Å²) in [6.07, 6.45) is -8.55. The molecule has 0 saturated carbocycles. The number of hydrogen-bond acceptors (Lipinski definition) is 2. The molecular formula is C15H20F3NO3. The Labute approximate surface area is 127 Å². The molecule has 0 heterocycles. The van der Waals surface area contributed by atoms with E-state index in [1.54, 1.807) is 20.8 Å². The van der Waals surface area contributed by atoms with E-state index < -0.39 is 23.9 Å². The number of hydrogen-bond donors (Lipinski definition) is 2. The fourth-order valence-electron chi connectivity index (χ4n) is 2.41. The van der Waals surface area contributed by atoms with E-state index in [9.17, 15) is 28.2 Å². The Morgan fingerprint density at radius 1 is 1.14 bits per heavy atom. The zero-order chi connectivity index (χ0) is 17.5. The van der Waals surface area contributed by atoms with E-state index in [0.717, 1.165) is 4.90 Å². The van der Waals surface area contributed by atoms with Crippen molar-refractivity contribution in [3.8, 4) is 0 Å². The molecule has 4 nitrogen and oxygen atoms in total. The fourth-order valence-corrected chi connectivity index (χ4v) is 2.41. The molecule has 0 radical (unpaired) electrons. The maximum Gasteiger partial charge on any atom is 0.418 e. The molecule has 0 spiro atoms. The Kier molecular flexibility index (Phi) is 4.82. The highest BCUT2D eigenvalue weighted by molar-refractivity contribution is 5.90. The maximum atomic E-state index is 12.6. The first-order chi connectivity index (χ1) is 9.76. The molecule has 0 aliphatic carbocycles. The summed E-state index contributed by atoms with van der Waals surface area (Å²) in [7, 11) is 0. The number of halogens is 3. The molecule has 1 amide bonds. The Balaban J connectivity index is 3.46. The van der Waals surface area contributed by atoms with Gasteiger partial charge in [0.05, 0.1) is 5.69 Å². The summed E-state index contributed by atoms with van der Waals surface area (Å²) in [4.78, 5) is 12.6. The van der Waals surface area contributed by atoms with Crippen molar-refractivity contribution in [3.63, 3.8) is 0 Å². The average Bonchev–Trinajstić information content (AvgIpc) is 2.28. The van der Waals surface area contributed by atoms with E-state index in [1.165, 1.54) is 26.0 Å². The zero-order valence-electron chi connectivity index (χ0n) is 13.1. The molecule has 7 heteroatoms. The Hall–Kier alpha value is -1.76. The maximum absolute atomic E-state index is 12.6. The van der Waals surface area contributed by atoms with Crippen LogP contribution in [0.15, 0.2) is 12.1 Å². The Bertz CT molecular complexity index is 553. The van der Waals surface area contributed by atoms with Crippen LogP contribution in [0.25, 0.3) is 0 Å². The lowest BCUT2D eigenvalue weighted by atomic mass is 9.96. The van der Waals surface area contributed by atoms with Gasteiger partial charge in [0.15, 0.2) is 6.10 Å².